The average molecular weight is 281 g/mol. The predicted octanol–water partition coefficient (Wildman–Crippen LogP) is 1.66. The Morgan fingerprint density at radius 2 is 1.55 bits per heavy atom. The van der Waals surface area contributed by atoms with Gasteiger partial charge >= 0.3 is 0 Å². The van der Waals surface area contributed by atoms with E-state index in [2.05, 4.69) is 42.4 Å². The van der Waals surface area contributed by atoms with Crippen molar-refractivity contribution in [1.29, 1.82) is 0 Å². The van der Waals surface area contributed by atoms with Crippen LogP contribution in [0.5, 0.6) is 0 Å². The van der Waals surface area contributed by atoms with Crippen molar-refractivity contribution < 1.29 is 4.79 Å². The summed E-state index contributed by atoms with van der Waals surface area (Å²) >= 11 is 0. The van der Waals surface area contributed by atoms with Gasteiger partial charge in [-0.2, -0.15) is 0 Å². The number of carbonyl (C=O) groups is 1. The smallest absolute Gasteiger partial charge is 0.225 e. The lowest BCUT2D eigenvalue weighted by Crippen LogP contribution is -2.56. The van der Waals surface area contributed by atoms with E-state index in [4.69, 9.17) is 0 Å². The van der Waals surface area contributed by atoms with Crippen LogP contribution >= 0.6 is 0 Å². The van der Waals surface area contributed by atoms with E-state index in [9.17, 15) is 4.79 Å². The average Bonchev–Trinajstić information content (AvgIpc) is 2.46. The van der Waals surface area contributed by atoms with Gasteiger partial charge in [-0.3, -0.25) is 9.69 Å². The number of amides is 1. The summed E-state index contributed by atoms with van der Waals surface area (Å²) in [5.74, 6) is 0.688. The molecule has 0 spiro atoms. The predicted molar refractivity (Wildman–Crippen MR) is 82.7 cm³/mol. The van der Waals surface area contributed by atoms with Gasteiger partial charge in [0.25, 0.3) is 0 Å². The fourth-order valence-electron chi connectivity index (χ4n) is 3.35. The van der Waals surface area contributed by atoms with Crippen molar-refractivity contribution in [3.63, 3.8) is 0 Å². The first-order valence-electron chi connectivity index (χ1n) is 8.18. The molecule has 0 N–H and O–H groups in total. The Kier molecular flexibility index (Phi) is 5.08. The second-order valence-electron chi connectivity index (χ2n) is 7.19. The van der Waals surface area contributed by atoms with Gasteiger partial charge in [0.1, 0.15) is 0 Å². The van der Waals surface area contributed by atoms with E-state index in [1.54, 1.807) is 0 Å². The minimum Gasteiger partial charge on any atom is -0.340 e. The zero-order chi connectivity index (χ0) is 14.8. The van der Waals surface area contributed by atoms with Gasteiger partial charge in [-0.15, -0.1) is 0 Å². The highest BCUT2D eigenvalue weighted by atomic mass is 16.2. The molecule has 0 aromatic carbocycles. The highest BCUT2D eigenvalue weighted by Gasteiger charge is 2.32. The molecule has 2 heterocycles. The van der Waals surface area contributed by atoms with Gasteiger partial charge in [0.2, 0.25) is 5.91 Å². The molecule has 0 unspecified atom stereocenters. The summed E-state index contributed by atoms with van der Waals surface area (Å²) < 4.78 is 0. The van der Waals surface area contributed by atoms with Crippen LogP contribution in [0.1, 0.15) is 40.5 Å². The Hall–Kier alpha value is -0.610. The third kappa shape index (κ3) is 3.73. The second-order valence-corrected chi connectivity index (χ2v) is 7.19. The Morgan fingerprint density at radius 1 is 1.00 bits per heavy atom. The molecule has 2 rings (SSSR count). The number of nitrogens with zero attached hydrogens (tertiary/aromatic N) is 3. The summed E-state index contributed by atoms with van der Waals surface area (Å²) in [6, 6.07) is 0. The molecular formula is C16H31N3O. The molecule has 0 aromatic heterocycles. The first kappa shape index (κ1) is 15.8. The van der Waals surface area contributed by atoms with E-state index in [-0.39, 0.29) is 11.5 Å². The molecule has 2 aliphatic heterocycles. The van der Waals surface area contributed by atoms with Crippen molar-refractivity contribution in [2.45, 2.75) is 46.1 Å². The van der Waals surface area contributed by atoms with Crippen LogP contribution in [0.15, 0.2) is 0 Å². The first-order chi connectivity index (χ1) is 9.41. The highest BCUT2D eigenvalue weighted by molar-refractivity contribution is 5.79. The maximum atomic E-state index is 12.6. The quantitative estimate of drug-likeness (QED) is 0.770. The molecule has 4 nitrogen and oxygen atoms in total. The van der Waals surface area contributed by atoms with E-state index in [1.807, 2.05) is 0 Å². The van der Waals surface area contributed by atoms with Gasteiger partial charge in [0, 0.05) is 37.6 Å². The first-order valence-corrected chi connectivity index (χ1v) is 8.18. The van der Waals surface area contributed by atoms with Gasteiger partial charge in [-0.1, -0.05) is 6.92 Å². The molecule has 0 atom stereocenters. The number of hydrogen-bond acceptors (Lipinski definition) is 3. The minimum absolute atomic E-state index is 0.224. The van der Waals surface area contributed by atoms with Crippen molar-refractivity contribution in [2.75, 3.05) is 45.8 Å². The van der Waals surface area contributed by atoms with Gasteiger partial charge in [-0.05, 0) is 53.2 Å². The highest BCUT2D eigenvalue weighted by Crippen LogP contribution is 2.22. The summed E-state index contributed by atoms with van der Waals surface area (Å²) in [6.07, 6.45) is 2.10. The monoisotopic (exact) mass is 281 g/mol. The van der Waals surface area contributed by atoms with E-state index in [0.29, 0.717) is 5.91 Å². The number of piperidine rings is 1. The zero-order valence-electron chi connectivity index (χ0n) is 13.7. The minimum atomic E-state index is 0.224. The molecule has 20 heavy (non-hydrogen) atoms. The zero-order valence-corrected chi connectivity index (χ0v) is 13.7. The standard InChI is InChI=1S/C16H31N3O/c1-5-17-8-6-14(7-9-17)15(20)18-10-12-19(13-11-18)16(2,3)4/h14H,5-13H2,1-4H3. The fourth-order valence-corrected chi connectivity index (χ4v) is 3.35. The van der Waals surface area contributed by atoms with E-state index >= 15 is 0 Å². The van der Waals surface area contributed by atoms with Crippen LogP contribution in [-0.4, -0.2) is 72.0 Å². The van der Waals surface area contributed by atoms with Gasteiger partial charge in [0.05, 0.1) is 0 Å². The molecule has 0 saturated carbocycles. The van der Waals surface area contributed by atoms with Crippen LogP contribution in [0.25, 0.3) is 0 Å². The topological polar surface area (TPSA) is 26.8 Å². The van der Waals surface area contributed by atoms with Gasteiger partial charge in [-0.25, -0.2) is 0 Å². The molecule has 0 bridgehead atoms. The van der Waals surface area contributed by atoms with Gasteiger partial charge < -0.3 is 9.80 Å². The summed E-state index contributed by atoms with van der Waals surface area (Å²) in [7, 11) is 0. The van der Waals surface area contributed by atoms with Crippen LogP contribution < -0.4 is 0 Å². The van der Waals surface area contributed by atoms with E-state index < -0.39 is 0 Å². The van der Waals surface area contributed by atoms with Crippen LogP contribution in [0, 0.1) is 5.92 Å². The molecular weight excluding hydrogens is 250 g/mol. The van der Waals surface area contributed by atoms with Crippen molar-refractivity contribution >= 4 is 5.91 Å². The Labute approximate surface area is 124 Å². The molecule has 4 heteroatoms. The van der Waals surface area contributed by atoms with E-state index in [0.717, 1.165) is 58.7 Å². The van der Waals surface area contributed by atoms with Crippen LogP contribution in [0.2, 0.25) is 0 Å². The third-order valence-corrected chi connectivity index (χ3v) is 4.92. The van der Waals surface area contributed by atoms with Crippen LogP contribution in [0.3, 0.4) is 0 Å². The Balaban J connectivity index is 1.80. The maximum absolute atomic E-state index is 12.6. The number of carbonyl (C=O) groups excluding carboxylic acids is 1. The van der Waals surface area contributed by atoms with Crippen LogP contribution in [0.4, 0.5) is 0 Å². The van der Waals surface area contributed by atoms with Crippen molar-refractivity contribution in [2.24, 2.45) is 5.92 Å². The van der Waals surface area contributed by atoms with Gasteiger partial charge in [0.15, 0.2) is 0 Å². The lowest BCUT2D eigenvalue weighted by atomic mass is 9.94. The molecule has 0 radical (unpaired) electrons. The number of piperazine rings is 1. The molecule has 2 saturated heterocycles. The van der Waals surface area contributed by atoms with Crippen molar-refractivity contribution in [1.82, 2.24) is 14.7 Å². The molecule has 0 aliphatic carbocycles. The Morgan fingerprint density at radius 3 is 2.00 bits per heavy atom. The molecule has 2 fully saturated rings. The third-order valence-electron chi connectivity index (χ3n) is 4.92. The number of hydrogen-bond donors (Lipinski definition) is 0. The van der Waals surface area contributed by atoms with E-state index in [1.165, 1.54) is 0 Å². The second kappa shape index (κ2) is 6.44. The molecule has 1 amide bonds. The SMILES string of the molecule is CCN1CCC(C(=O)N2CCN(C(C)(C)C)CC2)CC1. The summed E-state index contributed by atoms with van der Waals surface area (Å²) in [5.41, 5.74) is 0.224. The lowest BCUT2D eigenvalue weighted by molar-refractivity contribution is -0.139. The lowest BCUT2D eigenvalue weighted by Gasteiger charge is -2.43. The summed E-state index contributed by atoms with van der Waals surface area (Å²) in [5, 5.41) is 0. The summed E-state index contributed by atoms with van der Waals surface area (Å²) in [4.78, 5) is 19.6. The molecule has 2 aliphatic rings. The largest absolute Gasteiger partial charge is 0.340 e. The fraction of sp³-hybridized carbons (Fsp3) is 0.938. The summed E-state index contributed by atoms with van der Waals surface area (Å²) in [6.45, 7) is 16.1. The molecule has 0 aromatic rings. The maximum Gasteiger partial charge on any atom is 0.225 e. The van der Waals surface area contributed by atoms with Crippen LogP contribution in [-0.2, 0) is 4.79 Å². The number of likely N-dealkylation sites (tertiary alicyclic amines) is 1. The van der Waals surface area contributed by atoms with Crippen molar-refractivity contribution in [3.8, 4) is 0 Å². The number of rotatable bonds is 2. The molecule has 116 valence electrons. The van der Waals surface area contributed by atoms with Crippen molar-refractivity contribution in [3.05, 3.63) is 0 Å². The normalized spacial score (nSPS) is 24.1. The Bertz CT molecular complexity index is 321.